The van der Waals surface area contributed by atoms with Crippen molar-refractivity contribution in [2.75, 3.05) is 32.1 Å². The number of carbonyl (C=O) groups excluding carboxylic acids is 1. The second-order valence-corrected chi connectivity index (χ2v) is 12.3. The molecule has 2 saturated heterocycles. The van der Waals surface area contributed by atoms with Crippen molar-refractivity contribution in [3.8, 4) is 5.75 Å². The average molecular weight is 438 g/mol. The Balaban J connectivity index is 1.45. The van der Waals surface area contributed by atoms with Crippen LogP contribution in [0.3, 0.4) is 0 Å². The number of amides is 1. The van der Waals surface area contributed by atoms with E-state index in [1.807, 2.05) is 29.2 Å². The van der Waals surface area contributed by atoms with Crippen molar-refractivity contribution in [3.63, 3.8) is 0 Å². The fraction of sp³-hybridized carbons (Fsp3) is 0.696. The van der Waals surface area contributed by atoms with Crippen LogP contribution in [0.2, 0.25) is 0 Å². The zero-order valence-electron chi connectivity index (χ0n) is 18.4. The van der Waals surface area contributed by atoms with Crippen LogP contribution in [0.5, 0.6) is 5.75 Å². The molecule has 1 amide bonds. The maximum absolute atomic E-state index is 12.7. The van der Waals surface area contributed by atoms with Crippen molar-refractivity contribution in [1.82, 2.24) is 4.90 Å². The molecule has 2 aliphatic rings. The number of hydrogen-bond acceptors (Lipinski definition) is 5. The monoisotopic (exact) mass is 437 g/mol. The summed E-state index contributed by atoms with van der Waals surface area (Å²) >= 11 is 0. The lowest BCUT2D eigenvalue weighted by molar-refractivity contribution is -0.131. The van der Waals surface area contributed by atoms with Crippen LogP contribution in [0.15, 0.2) is 24.3 Å². The third-order valence-corrected chi connectivity index (χ3v) is 8.88. The standard InChI is InChI=1S/C23H35NO5S/c1-23(2,3)30(26,27)17-19-8-12-24(13-9-19)22(25)16-18-4-6-20(7-5-18)29-21-10-14-28-15-11-21/h4-7,19,21H,8-17H2,1-3H3. The van der Waals surface area contributed by atoms with Gasteiger partial charge >= 0.3 is 0 Å². The van der Waals surface area contributed by atoms with Gasteiger partial charge in [-0.05, 0) is 57.2 Å². The molecule has 6 nitrogen and oxygen atoms in total. The van der Waals surface area contributed by atoms with Crippen LogP contribution in [0.4, 0.5) is 0 Å². The summed E-state index contributed by atoms with van der Waals surface area (Å²) in [4.78, 5) is 14.6. The Bertz CT molecular complexity index is 799. The number of nitrogens with zero attached hydrogens (tertiary/aromatic N) is 1. The van der Waals surface area contributed by atoms with E-state index in [1.54, 1.807) is 20.8 Å². The van der Waals surface area contributed by atoms with Gasteiger partial charge in [-0.25, -0.2) is 8.42 Å². The van der Waals surface area contributed by atoms with E-state index in [9.17, 15) is 13.2 Å². The van der Waals surface area contributed by atoms with Crippen molar-refractivity contribution in [1.29, 1.82) is 0 Å². The van der Waals surface area contributed by atoms with E-state index in [0.717, 1.165) is 50.2 Å². The van der Waals surface area contributed by atoms with Gasteiger partial charge in [0.2, 0.25) is 5.91 Å². The molecule has 1 aromatic rings. The number of rotatable bonds is 6. The molecule has 0 radical (unpaired) electrons. The molecule has 0 aromatic heterocycles. The molecule has 2 aliphatic heterocycles. The van der Waals surface area contributed by atoms with Gasteiger partial charge in [-0.1, -0.05) is 12.1 Å². The SMILES string of the molecule is CC(C)(C)S(=O)(=O)CC1CCN(C(=O)Cc2ccc(OC3CCOCC3)cc2)CC1. The van der Waals surface area contributed by atoms with Crippen molar-refractivity contribution in [3.05, 3.63) is 29.8 Å². The summed E-state index contributed by atoms with van der Waals surface area (Å²) in [6.45, 7) is 8.01. The number of benzene rings is 1. The second kappa shape index (κ2) is 9.69. The molecule has 0 unspecified atom stereocenters. The van der Waals surface area contributed by atoms with E-state index < -0.39 is 14.6 Å². The number of carbonyl (C=O) groups is 1. The molecular formula is C23H35NO5S. The first-order valence-corrected chi connectivity index (χ1v) is 12.6. The van der Waals surface area contributed by atoms with Crippen molar-refractivity contribution >= 4 is 15.7 Å². The molecule has 0 atom stereocenters. The Kier molecular flexibility index (Phi) is 7.45. The number of piperidine rings is 1. The van der Waals surface area contributed by atoms with Gasteiger partial charge in [0.25, 0.3) is 0 Å². The third-order valence-electron chi connectivity index (χ3n) is 6.11. The molecule has 0 spiro atoms. The number of ether oxygens (including phenoxy) is 2. The van der Waals surface area contributed by atoms with E-state index in [1.165, 1.54) is 0 Å². The first-order chi connectivity index (χ1) is 14.1. The maximum Gasteiger partial charge on any atom is 0.226 e. The molecular weight excluding hydrogens is 402 g/mol. The smallest absolute Gasteiger partial charge is 0.226 e. The molecule has 0 bridgehead atoms. The van der Waals surface area contributed by atoms with E-state index in [0.29, 0.717) is 19.5 Å². The molecule has 0 aliphatic carbocycles. The Labute approximate surface area is 180 Å². The van der Waals surface area contributed by atoms with E-state index in [2.05, 4.69) is 0 Å². The summed E-state index contributed by atoms with van der Waals surface area (Å²) in [5.74, 6) is 1.29. The lowest BCUT2D eigenvalue weighted by Crippen LogP contribution is -2.42. The first kappa shape index (κ1) is 23.1. The molecule has 2 heterocycles. The van der Waals surface area contributed by atoms with E-state index >= 15 is 0 Å². The zero-order chi connectivity index (χ0) is 21.8. The second-order valence-electron chi connectivity index (χ2n) is 9.47. The zero-order valence-corrected chi connectivity index (χ0v) is 19.2. The number of likely N-dealkylation sites (tertiary alicyclic amines) is 1. The van der Waals surface area contributed by atoms with Gasteiger partial charge in [-0.3, -0.25) is 4.79 Å². The fourth-order valence-corrected chi connectivity index (χ4v) is 5.32. The van der Waals surface area contributed by atoms with Gasteiger partial charge in [0.05, 0.1) is 30.1 Å². The predicted octanol–water partition coefficient (Wildman–Crippen LogP) is 3.24. The van der Waals surface area contributed by atoms with Gasteiger partial charge in [-0.15, -0.1) is 0 Å². The highest BCUT2D eigenvalue weighted by molar-refractivity contribution is 7.92. The minimum Gasteiger partial charge on any atom is -0.490 e. The van der Waals surface area contributed by atoms with Crippen LogP contribution < -0.4 is 4.74 Å². The summed E-state index contributed by atoms with van der Waals surface area (Å²) in [5.41, 5.74) is 0.969. The molecule has 168 valence electrons. The minimum atomic E-state index is -3.12. The Hall–Kier alpha value is -1.60. The Morgan fingerprint density at radius 3 is 2.23 bits per heavy atom. The lowest BCUT2D eigenvalue weighted by atomic mass is 9.98. The highest BCUT2D eigenvalue weighted by atomic mass is 32.2. The molecule has 2 fully saturated rings. The summed E-state index contributed by atoms with van der Waals surface area (Å²) in [6.07, 6.45) is 3.88. The molecule has 7 heteroatoms. The quantitative estimate of drug-likeness (QED) is 0.683. The molecule has 30 heavy (non-hydrogen) atoms. The van der Waals surface area contributed by atoms with Gasteiger partial charge in [-0.2, -0.15) is 0 Å². The van der Waals surface area contributed by atoms with Gasteiger partial charge in [0.1, 0.15) is 11.9 Å². The van der Waals surface area contributed by atoms with Crippen LogP contribution in [0.25, 0.3) is 0 Å². The molecule has 0 N–H and O–H groups in total. The van der Waals surface area contributed by atoms with Crippen molar-refractivity contribution < 1.29 is 22.7 Å². The molecule has 0 saturated carbocycles. The Morgan fingerprint density at radius 2 is 1.67 bits per heavy atom. The van der Waals surface area contributed by atoms with Crippen LogP contribution in [0, 0.1) is 5.92 Å². The topological polar surface area (TPSA) is 72.9 Å². The van der Waals surface area contributed by atoms with E-state index in [-0.39, 0.29) is 23.7 Å². The van der Waals surface area contributed by atoms with Crippen LogP contribution in [-0.2, 0) is 25.8 Å². The van der Waals surface area contributed by atoms with Crippen molar-refractivity contribution in [2.24, 2.45) is 5.92 Å². The van der Waals surface area contributed by atoms with Gasteiger partial charge in [0, 0.05) is 25.9 Å². The maximum atomic E-state index is 12.7. The van der Waals surface area contributed by atoms with Crippen molar-refractivity contribution in [2.45, 2.75) is 63.7 Å². The fourth-order valence-electron chi connectivity index (χ4n) is 3.87. The largest absolute Gasteiger partial charge is 0.490 e. The van der Waals surface area contributed by atoms with Crippen LogP contribution >= 0.6 is 0 Å². The summed E-state index contributed by atoms with van der Waals surface area (Å²) < 4.78 is 35.5. The summed E-state index contributed by atoms with van der Waals surface area (Å²) in [5, 5.41) is 0. The molecule has 3 rings (SSSR count). The average Bonchev–Trinajstić information content (AvgIpc) is 2.70. The summed E-state index contributed by atoms with van der Waals surface area (Å²) in [7, 11) is -3.12. The first-order valence-electron chi connectivity index (χ1n) is 11.0. The van der Waals surface area contributed by atoms with Crippen LogP contribution in [0.1, 0.15) is 52.0 Å². The number of hydrogen-bond donors (Lipinski definition) is 0. The highest BCUT2D eigenvalue weighted by Gasteiger charge is 2.33. The predicted molar refractivity (Wildman–Crippen MR) is 117 cm³/mol. The van der Waals surface area contributed by atoms with Gasteiger partial charge in [0.15, 0.2) is 9.84 Å². The lowest BCUT2D eigenvalue weighted by Gasteiger charge is -2.33. The number of sulfone groups is 1. The van der Waals surface area contributed by atoms with Crippen LogP contribution in [-0.4, -0.2) is 62.1 Å². The van der Waals surface area contributed by atoms with Gasteiger partial charge < -0.3 is 14.4 Å². The minimum absolute atomic E-state index is 0.102. The molecule has 1 aromatic carbocycles. The van der Waals surface area contributed by atoms with E-state index in [4.69, 9.17) is 9.47 Å². The third kappa shape index (κ3) is 6.20. The normalized spacial score (nSPS) is 19.6. The summed E-state index contributed by atoms with van der Waals surface area (Å²) in [6, 6.07) is 7.77. The highest BCUT2D eigenvalue weighted by Crippen LogP contribution is 2.25. The Morgan fingerprint density at radius 1 is 1.07 bits per heavy atom.